The average molecular weight is 177 g/mol. The van der Waals surface area contributed by atoms with Gasteiger partial charge in [-0.25, -0.2) is 8.78 Å². The van der Waals surface area contributed by atoms with E-state index in [4.69, 9.17) is 0 Å². The summed E-state index contributed by atoms with van der Waals surface area (Å²) in [6.07, 6.45) is -2.49. The molecule has 70 valence electrons. The summed E-state index contributed by atoms with van der Waals surface area (Å²) >= 11 is 0. The number of halogens is 2. The maximum absolute atomic E-state index is 11.6. The normalized spacial score (nSPS) is 9.83. The van der Waals surface area contributed by atoms with Crippen molar-refractivity contribution < 1.29 is 13.6 Å². The van der Waals surface area contributed by atoms with E-state index in [0.29, 0.717) is 5.57 Å². The second-order valence-corrected chi connectivity index (χ2v) is 2.73. The van der Waals surface area contributed by atoms with E-state index in [-0.39, 0.29) is 0 Å². The van der Waals surface area contributed by atoms with Gasteiger partial charge in [-0.15, -0.1) is 0 Å². The Morgan fingerprint density at radius 1 is 1.33 bits per heavy atom. The van der Waals surface area contributed by atoms with Gasteiger partial charge in [-0.05, 0) is 20.8 Å². The van der Waals surface area contributed by atoms with E-state index >= 15 is 0 Å². The SMILES string of the molecule is CC(C)=C(C)C(=O)NCC(F)F. The molecular formula is C8H13F2NO. The minimum atomic E-state index is -2.49. The lowest BCUT2D eigenvalue weighted by atomic mass is 10.2. The van der Waals surface area contributed by atoms with Gasteiger partial charge in [-0.1, -0.05) is 5.57 Å². The quantitative estimate of drug-likeness (QED) is 0.653. The molecule has 1 amide bonds. The lowest BCUT2D eigenvalue weighted by molar-refractivity contribution is -0.118. The van der Waals surface area contributed by atoms with Crippen LogP contribution in [0.2, 0.25) is 0 Å². The number of carbonyl (C=O) groups excluding carboxylic acids is 1. The summed E-state index contributed by atoms with van der Waals surface area (Å²) in [7, 11) is 0. The van der Waals surface area contributed by atoms with Crippen LogP contribution in [-0.2, 0) is 4.79 Å². The van der Waals surface area contributed by atoms with Crippen LogP contribution in [0.1, 0.15) is 20.8 Å². The molecule has 2 nitrogen and oxygen atoms in total. The average Bonchev–Trinajstić information content (AvgIpc) is 1.98. The summed E-state index contributed by atoms with van der Waals surface area (Å²) in [5.74, 6) is -0.421. The van der Waals surface area contributed by atoms with Crippen LogP contribution < -0.4 is 5.32 Å². The topological polar surface area (TPSA) is 29.1 Å². The highest BCUT2D eigenvalue weighted by atomic mass is 19.3. The fourth-order valence-electron chi connectivity index (χ4n) is 0.529. The van der Waals surface area contributed by atoms with E-state index in [1.54, 1.807) is 20.8 Å². The molecule has 0 aliphatic carbocycles. The second-order valence-electron chi connectivity index (χ2n) is 2.73. The van der Waals surface area contributed by atoms with Gasteiger partial charge in [0.25, 0.3) is 6.43 Å². The highest BCUT2D eigenvalue weighted by molar-refractivity contribution is 5.93. The van der Waals surface area contributed by atoms with Crippen molar-refractivity contribution in [1.82, 2.24) is 5.32 Å². The maximum Gasteiger partial charge on any atom is 0.255 e. The van der Waals surface area contributed by atoms with Crippen molar-refractivity contribution in [2.24, 2.45) is 0 Å². The fourth-order valence-corrected chi connectivity index (χ4v) is 0.529. The zero-order valence-corrected chi connectivity index (χ0v) is 7.45. The largest absolute Gasteiger partial charge is 0.347 e. The Balaban J connectivity index is 3.98. The zero-order valence-electron chi connectivity index (χ0n) is 7.45. The van der Waals surface area contributed by atoms with E-state index in [1.807, 2.05) is 0 Å². The summed E-state index contributed by atoms with van der Waals surface area (Å²) < 4.78 is 23.3. The van der Waals surface area contributed by atoms with Gasteiger partial charge in [0, 0.05) is 5.57 Å². The number of hydrogen-bond acceptors (Lipinski definition) is 1. The first kappa shape index (κ1) is 11.1. The van der Waals surface area contributed by atoms with Crippen LogP contribution in [0.25, 0.3) is 0 Å². The van der Waals surface area contributed by atoms with Crippen molar-refractivity contribution in [2.45, 2.75) is 27.2 Å². The van der Waals surface area contributed by atoms with Crippen LogP contribution in [0.3, 0.4) is 0 Å². The number of carbonyl (C=O) groups is 1. The van der Waals surface area contributed by atoms with Gasteiger partial charge in [0.1, 0.15) is 0 Å². The minimum Gasteiger partial charge on any atom is -0.347 e. The Hall–Kier alpha value is -0.930. The highest BCUT2D eigenvalue weighted by Crippen LogP contribution is 2.01. The molecule has 0 spiro atoms. The number of hydrogen-bond donors (Lipinski definition) is 1. The Morgan fingerprint density at radius 2 is 1.83 bits per heavy atom. The Morgan fingerprint density at radius 3 is 2.17 bits per heavy atom. The molecule has 0 aliphatic heterocycles. The van der Waals surface area contributed by atoms with E-state index < -0.39 is 18.9 Å². The number of allylic oxidation sites excluding steroid dienone is 1. The Bertz CT molecular complexity index is 195. The van der Waals surface area contributed by atoms with Crippen LogP contribution in [0.15, 0.2) is 11.1 Å². The van der Waals surface area contributed by atoms with Gasteiger partial charge in [-0.3, -0.25) is 4.79 Å². The first-order chi connectivity index (χ1) is 5.45. The lowest BCUT2D eigenvalue weighted by Gasteiger charge is -2.05. The second kappa shape index (κ2) is 4.85. The van der Waals surface area contributed by atoms with Crippen molar-refractivity contribution in [3.63, 3.8) is 0 Å². The molecular weight excluding hydrogens is 164 g/mol. The van der Waals surface area contributed by atoms with Crippen molar-refractivity contribution in [1.29, 1.82) is 0 Å². The third kappa shape index (κ3) is 4.05. The highest BCUT2D eigenvalue weighted by Gasteiger charge is 2.08. The van der Waals surface area contributed by atoms with Crippen molar-refractivity contribution in [3.05, 3.63) is 11.1 Å². The zero-order chi connectivity index (χ0) is 9.72. The van der Waals surface area contributed by atoms with E-state index in [2.05, 4.69) is 5.32 Å². The van der Waals surface area contributed by atoms with Crippen LogP contribution in [0, 0.1) is 0 Å². The molecule has 12 heavy (non-hydrogen) atoms. The predicted molar refractivity (Wildman–Crippen MR) is 43.1 cm³/mol. The standard InChI is InChI=1S/C8H13F2NO/c1-5(2)6(3)8(12)11-4-7(9)10/h7H,4H2,1-3H3,(H,11,12). The first-order valence-electron chi connectivity index (χ1n) is 3.65. The molecule has 0 aromatic carbocycles. The number of nitrogens with one attached hydrogen (secondary N) is 1. The molecule has 0 bridgehead atoms. The predicted octanol–water partition coefficient (Wildman–Crippen LogP) is 1.72. The maximum atomic E-state index is 11.6. The monoisotopic (exact) mass is 177 g/mol. The first-order valence-corrected chi connectivity index (χ1v) is 3.65. The van der Waals surface area contributed by atoms with Crippen LogP contribution >= 0.6 is 0 Å². The molecule has 0 radical (unpaired) electrons. The molecule has 0 fully saturated rings. The molecule has 1 N–H and O–H groups in total. The van der Waals surface area contributed by atoms with Gasteiger partial charge in [0.05, 0.1) is 6.54 Å². The molecule has 0 aliphatic rings. The van der Waals surface area contributed by atoms with E-state index in [1.165, 1.54) is 0 Å². The molecule has 0 saturated carbocycles. The molecule has 0 rings (SSSR count). The summed E-state index contributed by atoms with van der Waals surface area (Å²) in [5, 5.41) is 2.12. The summed E-state index contributed by atoms with van der Waals surface area (Å²) in [6.45, 7) is 4.55. The van der Waals surface area contributed by atoms with Gasteiger partial charge in [-0.2, -0.15) is 0 Å². The Labute approximate surface area is 70.6 Å². The molecule has 0 saturated heterocycles. The molecule has 4 heteroatoms. The number of amides is 1. The number of alkyl halides is 2. The van der Waals surface area contributed by atoms with Gasteiger partial charge < -0.3 is 5.32 Å². The molecule has 0 aromatic rings. The van der Waals surface area contributed by atoms with Crippen LogP contribution in [0.5, 0.6) is 0 Å². The molecule has 0 heterocycles. The van der Waals surface area contributed by atoms with E-state index in [9.17, 15) is 13.6 Å². The smallest absolute Gasteiger partial charge is 0.255 e. The third-order valence-electron chi connectivity index (χ3n) is 1.51. The molecule has 0 unspecified atom stereocenters. The van der Waals surface area contributed by atoms with Crippen LogP contribution in [-0.4, -0.2) is 18.9 Å². The van der Waals surface area contributed by atoms with Gasteiger partial charge >= 0.3 is 0 Å². The van der Waals surface area contributed by atoms with Crippen molar-refractivity contribution in [3.8, 4) is 0 Å². The summed E-state index contributed by atoms with van der Waals surface area (Å²) in [6, 6.07) is 0. The van der Waals surface area contributed by atoms with Crippen molar-refractivity contribution >= 4 is 5.91 Å². The lowest BCUT2D eigenvalue weighted by Crippen LogP contribution is -2.29. The fraction of sp³-hybridized carbons (Fsp3) is 0.625. The minimum absolute atomic E-state index is 0.421. The van der Waals surface area contributed by atoms with Gasteiger partial charge in [0.15, 0.2) is 0 Å². The van der Waals surface area contributed by atoms with E-state index in [0.717, 1.165) is 5.57 Å². The van der Waals surface area contributed by atoms with Crippen LogP contribution in [0.4, 0.5) is 8.78 Å². The summed E-state index contributed by atoms with van der Waals surface area (Å²) in [4.78, 5) is 11.0. The Kier molecular flexibility index (Phi) is 4.47. The number of rotatable bonds is 3. The molecule has 0 atom stereocenters. The third-order valence-corrected chi connectivity index (χ3v) is 1.51. The molecule has 0 aromatic heterocycles. The summed E-state index contributed by atoms with van der Waals surface area (Å²) in [5.41, 5.74) is 1.33. The van der Waals surface area contributed by atoms with Crippen molar-refractivity contribution in [2.75, 3.05) is 6.54 Å². The van der Waals surface area contributed by atoms with Gasteiger partial charge in [0.2, 0.25) is 5.91 Å².